The molecule has 0 bridgehead atoms. The number of hydrogen-bond donors (Lipinski definition) is 3. The predicted octanol–water partition coefficient (Wildman–Crippen LogP) is 0.307. The molecule has 3 amide bonds. The van der Waals surface area contributed by atoms with Gasteiger partial charge >= 0.3 is 6.03 Å². The molecule has 1 aliphatic heterocycles. The van der Waals surface area contributed by atoms with E-state index in [1.165, 1.54) is 0 Å². The van der Waals surface area contributed by atoms with Crippen molar-refractivity contribution < 1.29 is 14.3 Å². The van der Waals surface area contributed by atoms with Gasteiger partial charge in [0.1, 0.15) is 0 Å². The molecule has 0 aromatic heterocycles. The van der Waals surface area contributed by atoms with Gasteiger partial charge in [0, 0.05) is 31.7 Å². The van der Waals surface area contributed by atoms with Crippen molar-refractivity contribution in [2.75, 3.05) is 39.4 Å². The van der Waals surface area contributed by atoms with Crippen LogP contribution in [0.2, 0.25) is 0 Å². The number of amides is 3. The van der Waals surface area contributed by atoms with Crippen molar-refractivity contribution in [2.24, 2.45) is 5.73 Å². The maximum Gasteiger partial charge on any atom is 0.315 e. The molecule has 0 saturated carbocycles. The number of urea groups is 1. The highest BCUT2D eigenvalue weighted by atomic mass is 16.5. The minimum atomic E-state index is -0.473. The fourth-order valence-electron chi connectivity index (χ4n) is 2.41. The van der Waals surface area contributed by atoms with Crippen molar-refractivity contribution in [3.8, 4) is 0 Å². The van der Waals surface area contributed by atoms with Crippen molar-refractivity contribution in [3.05, 3.63) is 35.4 Å². The topological polar surface area (TPSA) is 96.7 Å². The number of nitrogens with zero attached hydrogens (tertiary/aromatic N) is 1. The van der Waals surface area contributed by atoms with Gasteiger partial charge < -0.3 is 21.1 Å². The first-order valence-corrected chi connectivity index (χ1v) is 7.85. The fraction of sp³-hybridized carbons (Fsp3) is 0.500. The summed E-state index contributed by atoms with van der Waals surface area (Å²) >= 11 is 0. The molecule has 1 saturated heterocycles. The minimum absolute atomic E-state index is 0.212. The molecule has 23 heavy (non-hydrogen) atoms. The Morgan fingerprint density at radius 1 is 1.22 bits per heavy atom. The summed E-state index contributed by atoms with van der Waals surface area (Å²) in [6, 6.07) is 6.71. The van der Waals surface area contributed by atoms with Gasteiger partial charge in [-0.05, 0) is 30.7 Å². The van der Waals surface area contributed by atoms with Crippen molar-refractivity contribution in [2.45, 2.75) is 13.0 Å². The molecule has 0 radical (unpaired) electrons. The monoisotopic (exact) mass is 320 g/mol. The molecule has 1 aliphatic rings. The zero-order valence-corrected chi connectivity index (χ0v) is 13.2. The zero-order valence-electron chi connectivity index (χ0n) is 13.2. The van der Waals surface area contributed by atoms with Crippen LogP contribution in [0.1, 0.15) is 22.3 Å². The first-order valence-electron chi connectivity index (χ1n) is 7.85. The first-order chi connectivity index (χ1) is 11.1. The van der Waals surface area contributed by atoms with Crippen LogP contribution in [0.25, 0.3) is 0 Å². The second-order valence-electron chi connectivity index (χ2n) is 5.48. The molecule has 1 heterocycles. The third-order valence-electron chi connectivity index (χ3n) is 3.70. The van der Waals surface area contributed by atoms with Gasteiger partial charge in [-0.2, -0.15) is 0 Å². The molecule has 0 aliphatic carbocycles. The lowest BCUT2D eigenvalue weighted by molar-refractivity contribution is 0.0375. The number of hydrogen-bond acceptors (Lipinski definition) is 4. The van der Waals surface area contributed by atoms with E-state index >= 15 is 0 Å². The molecular weight excluding hydrogens is 296 g/mol. The SMILES string of the molecule is NC(=O)c1cccc(CNC(=O)NCCCN2CCOCC2)c1. The van der Waals surface area contributed by atoms with Gasteiger partial charge in [0.2, 0.25) is 5.91 Å². The Balaban J connectivity index is 1.61. The summed E-state index contributed by atoms with van der Waals surface area (Å²) in [5.41, 5.74) is 6.51. The molecule has 1 aromatic rings. The smallest absolute Gasteiger partial charge is 0.315 e. The van der Waals surface area contributed by atoms with Gasteiger partial charge in [0.15, 0.2) is 0 Å². The van der Waals surface area contributed by atoms with Gasteiger partial charge in [-0.25, -0.2) is 4.79 Å². The van der Waals surface area contributed by atoms with Crippen LogP contribution in [-0.2, 0) is 11.3 Å². The number of carbonyl (C=O) groups excluding carboxylic acids is 2. The molecule has 0 atom stereocenters. The largest absolute Gasteiger partial charge is 0.379 e. The van der Waals surface area contributed by atoms with E-state index in [4.69, 9.17) is 10.5 Å². The highest BCUT2D eigenvalue weighted by Crippen LogP contribution is 2.04. The lowest BCUT2D eigenvalue weighted by Gasteiger charge is -2.26. The van der Waals surface area contributed by atoms with Crippen LogP contribution in [0.15, 0.2) is 24.3 Å². The van der Waals surface area contributed by atoms with E-state index in [1.807, 2.05) is 6.07 Å². The lowest BCUT2D eigenvalue weighted by Crippen LogP contribution is -2.39. The van der Waals surface area contributed by atoms with Crippen molar-refractivity contribution in [1.29, 1.82) is 0 Å². The van der Waals surface area contributed by atoms with E-state index in [0.29, 0.717) is 18.7 Å². The summed E-state index contributed by atoms with van der Waals surface area (Å²) < 4.78 is 5.29. The molecule has 2 rings (SSSR count). The van der Waals surface area contributed by atoms with Crippen LogP contribution in [0.5, 0.6) is 0 Å². The summed E-state index contributed by atoms with van der Waals surface area (Å²) in [6.45, 7) is 5.45. The molecule has 0 unspecified atom stereocenters. The van der Waals surface area contributed by atoms with Gasteiger partial charge in [0.25, 0.3) is 0 Å². The van der Waals surface area contributed by atoms with E-state index in [2.05, 4.69) is 15.5 Å². The first kappa shape index (κ1) is 17.2. The summed E-state index contributed by atoms with van der Waals surface area (Å²) in [7, 11) is 0. The Bertz CT molecular complexity index is 530. The summed E-state index contributed by atoms with van der Waals surface area (Å²) in [5.74, 6) is -0.473. The number of carbonyl (C=O) groups is 2. The third kappa shape index (κ3) is 6.25. The van der Waals surface area contributed by atoms with Crippen LogP contribution in [0.4, 0.5) is 4.79 Å². The molecule has 126 valence electrons. The zero-order chi connectivity index (χ0) is 16.5. The van der Waals surface area contributed by atoms with E-state index in [-0.39, 0.29) is 6.03 Å². The number of benzene rings is 1. The number of ether oxygens (including phenoxy) is 1. The second-order valence-corrected chi connectivity index (χ2v) is 5.48. The van der Waals surface area contributed by atoms with E-state index in [1.54, 1.807) is 18.2 Å². The number of nitrogens with two attached hydrogens (primary N) is 1. The molecule has 7 heteroatoms. The molecule has 4 N–H and O–H groups in total. The number of morpholine rings is 1. The fourth-order valence-corrected chi connectivity index (χ4v) is 2.41. The predicted molar refractivity (Wildman–Crippen MR) is 87.1 cm³/mol. The Morgan fingerprint density at radius 2 is 2.00 bits per heavy atom. The summed E-state index contributed by atoms with van der Waals surface area (Å²) in [6.07, 6.45) is 0.907. The molecule has 0 spiro atoms. The maximum absolute atomic E-state index is 11.7. The van der Waals surface area contributed by atoms with Crippen LogP contribution >= 0.6 is 0 Å². The Morgan fingerprint density at radius 3 is 2.74 bits per heavy atom. The normalized spacial score (nSPS) is 15.1. The van der Waals surface area contributed by atoms with Crippen LogP contribution in [-0.4, -0.2) is 56.2 Å². The van der Waals surface area contributed by atoms with Crippen LogP contribution in [0.3, 0.4) is 0 Å². The van der Waals surface area contributed by atoms with Gasteiger partial charge in [-0.15, -0.1) is 0 Å². The van der Waals surface area contributed by atoms with E-state index in [9.17, 15) is 9.59 Å². The molecule has 7 nitrogen and oxygen atoms in total. The second kappa shape index (κ2) is 9.12. The average molecular weight is 320 g/mol. The Labute approximate surface area is 136 Å². The molecule has 1 aromatic carbocycles. The molecular formula is C16H24N4O3. The van der Waals surface area contributed by atoms with Gasteiger partial charge in [-0.3, -0.25) is 9.69 Å². The minimum Gasteiger partial charge on any atom is -0.379 e. The van der Waals surface area contributed by atoms with E-state index < -0.39 is 5.91 Å². The Kier molecular flexibility index (Phi) is 6.83. The third-order valence-corrected chi connectivity index (χ3v) is 3.70. The van der Waals surface area contributed by atoms with Gasteiger partial charge in [-0.1, -0.05) is 12.1 Å². The number of nitrogens with one attached hydrogen (secondary N) is 2. The highest BCUT2D eigenvalue weighted by Gasteiger charge is 2.09. The van der Waals surface area contributed by atoms with Gasteiger partial charge in [0.05, 0.1) is 13.2 Å². The number of primary amides is 1. The Hall–Kier alpha value is -2.12. The average Bonchev–Trinajstić information content (AvgIpc) is 2.58. The van der Waals surface area contributed by atoms with E-state index in [0.717, 1.165) is 44.8 Å². The quantitative estimate of drug-likeness (QED) is 0.630. The highest BCUT2D eigenvalue weighted by molar-refractivity contribution is 5.92. The lowest BCUT2D eigenvalue weighted by atomic mass is 10.1. The number of rotatable bonds is 7. The van der Waals surface area contributed by atoms with Crippen LogP contribution in [0, 0.1) is 0 Å². The summed E-state index contributed by atoms with van der Waals surface area (Å²) in [5, 5.41) is 5.60. The van der Waals surface area contributed by atoms with Crippen molar-refractivity contribution in [3.63, 3.8) is 0 Å². The summed E-state index contributed by atoms with van der Waals surface area (Å²) in [4.78, 5) is 25.2. The van der Waals surface area contributed by atoms with Crippen molar-refractivity contribution >= 4 is 11.9 Å². The van der Waals surface area contributed by atoms with Crippen molar-refractivity contribution in [1.82, 2.24) is 15.5 Å². The standard InChI is InChI=1S/C16H24N4O3/c17-15(21)14-4-1-3-13(11-14)12-19-16(22)18-5-2-6-20-7-9-23-10-8-20/h1,3-4,11H,2,5-10,12H2,(H2,17,21)(H2,18,19,22). The maximum atomic E-state index is 11.7. The molecule has 1 fully saturated rings. The van der Waals surface area contributed by atoms with Crippen LogP contribution < -0.4 is 16.4 Å².